The van der Waals surface area contributed by atoms with Crippen LogP contribution in [0.2, 0.25) is 0 Å². The number of para-hydroxylation sites is 1. The number of hydrogen-bond donors (Lipinski definition) is 0. The molecule has 0 fully saturated rings. The maximum atomic E-state index is 6.90. The van der Waals surface area contributed by atoms with Gasteiger partial charge >= 0.3 is 0 Å². The Labute approximate surface area is 283 Å². The van der Waals surface area contributed by atoms with E-state index in [-0.39, 0.29) is 43.7 Å². The highest BCUT2D eigenvalue weighted by atomic mass is 16.3. The van der Waals surface area contributed by atoms with Crippen molar-refractivity contribution in [2.24, 2.45) is 0 Å². The molecule has 47 heavy (non-hydrogen) atoms. The molecule has 0 N–H and O–H groups in total. The highest BCUT2D eigenvalue weighted by molar-refractivity contribution is 6.71. The molecule has 8 aromatic rings. The Morgan fingerprint density at radius 1 is 0.319 bits per heavy atom. The second kappa shape index (κ2) is 11.0. The number of benzene rings is 7. The molecule has 1 heterocycles. The van der Waals surface area contributed by atoms with Crippen molar-refractivity contribution in [3.63, 3.8) is 0 Å². The van der Waals surface area contributed by atoms with Crippen LogP contribution in [-0.4, -0.2) is 62.8 Å². The van der Waals surface area contributed by atoms with Crippen molar-refractivity contribution in [3.8, 4) is 33.4 Å². The summed E-state index contributed by atoms with van der Waals surface area (Å²) in [6.45, 7) is 0. The maximum Gasteiger partial charge on any atom is 0.135 e. The summed E-state index contributed by atoms with van der Waals surface area (Å²) in [5.74, 6) is 0. The zero-order valence-electron chi connectivity index (χ0n) is 25.3. The summed E-state index contributed by atoms with van der Waals surface area (Å²) < 4.78 is 6.13. The third-order valence-corrected chi connectivity index (χ3v) is 9.26. The highest BCUT2D eigenvalue weighted by Gasteiger charge is 2.25. The first-order valence-electron chi connectivity index (χ1n) is 15.0. The summed E-state index contributed by atoms with van der Waals surface area (Å²) in [6, 6.07) is 31.9. The molecular formula is C38H16B8O. The SMILES string of the molecule is [B]c1c([B])c([B])c2c(-c3ccc4oc5ccccc5c4c3)c3c([B])c([B])c([B])c([B])c3c(-c3ccc(-c4ccccc4)cc3)c2c1[B]. The second-order valence-corrected chi connectivity index (χ2v) is 11.8. The molecule has 0 amide bonds. The average molecular weight is 575 g/mol. The van der Waals surface area contributed by atoms with Crippen molar-refractivity contribution in [3.05, 3.63) is 97.1 Å². The quantitative estimate of drug-likeness (QED) is 0.229. The minimum atomic E-state index is 0.172. The fraction of sp³-hybridized carbons (Fsp3) is 0. The smallest absolute Gasteiger partial charge is 0.135 e. The maximum absolute atomic E-state index is 6.90. The molecule has 0 unspecified atom stereocenters. The van der Waals surface area contributed by atoms with Gasteiger partial charge in [-0.05, 0) is 73.1 Å². The molecule has 198 valence electrons. The van der Waals surface area contributed by atoms with E-state index in [0.717, 1.165) is 44.2 Å². The van der Waals surface area contributed by atoms with E-state index in [2.05, 4.69) is 12.1 Å². The van der Waals surface area contributed by atoms with Crippen molar-refractivity contribution < 1.29 is 4.42 Å². The van der Waals surface area contributed by atoms with Crippen LogP contribution in [0.4, 0.5) is 0 Å². The molecule has 16 radical (unpaired) electrons. The fourth-order valence-corrected chi connectivity index (χ4v) is 6.87. The Balaban J connectivity index is 1.58. The van der Waals surface area contributed by atoms with Gasteiger partial charge in [0.2, 0.25) is 0 Å². The second-order valence-electron chi connectivity index (χ2n) is 11.8. The van der Waals surface area contributed by atoms with Crippen LogP contribution < -0.4 is 43.7 Å². The summed E-state index contributed by atoms with van der Waals surface area (Å²) in [7, 11) is 53.7. The van der Waals surface area contributed by atoms with Crippen LogP contribution in [0.5, 0.6) is 0 Å². The zero-order valence-corrected chi connectivity index (χ0v) is 25.3. The predicted molar refractivity (Wildman–Crippen MR) is 208 cm³/mol. The lowest BCUT2D eigenvalue weighted by Gasteiger charge is -2.28. The summed E-state index contributed by atoms with van der Waals surface area (Å²) in [6.07, 6.45) is 0. The molecule has 0 aliphatic heterocycles. The molecule has 9 heteroatoms. The van der Waals surface area contributed by atoms with Gasteiger partial charge in [0.05, 0.1) is 0 Å². The first kappa shape index (κ1) is 29.8. The van der Waals surface area contributed by atoms with Gasteiger partial charge in [-0.25, -0.2) is 0 Å². The first-order valence-corrected chi connectivity index (χ1v) is 15.0. The Hall–Kier alpha value is -4.62. The van der Waals surface area contributed by atoms with E-state index in [9.17, 15) is 0 Å². The van der Waals surface area contributed by atoms with E-state index < -0.39 is 0 Å². The third-order valence-electron chi connectivity index (χ3n) is 9.26. The van der Waals surface area contributed by atoms with E-state index in [1.165, 1.54) is 0 Å². The number of fused-ring (bicyclic) bond motifs is 5. The molecule has 0 spiro atoms. The lowest BCUT2D eigenvalue weighted by Crippen LogP contribution is -2.50. The van der Waals surface area contributed by atoms with Crippen LogP contribution in [0.25, 0.3) is 76.9 Å². The first-order chi connectivity index (χ1) is 22.7. The van der Waals surface area contributed by atoms with E-state index in [0.29, 0.717) is 32.7 Å². The normalized spacial score (nSPS) is 11.7. The molecule has 0 aliphatic carbocycles. The van der Waals surface area contributed by atoms with Crippen LogP contribution in [-0.2, 0) is 0 Å². The zero-order chi connectivity index (χ0) is 32.7. The minimum Gasteiger partial charge on any atom is -0.456 e. The van der Waals surface area contributed by atoms with Gasteiger partial charge in [-0.15, -0.1) is 21.9 Å². The van der Waals surface area contributed by atoms with Gasteiger partial charge in [0.25, 0.3) is 0 Å². The van der Waals surface area contributed by atoms with Crippen LogP contribution in [0, 0.1) is 0 Å². The van der Waals surface area contributed by atoms with Crippen LogP contribution in [0.1, 0.15) is 0 Å². The van der Waals surface area contributed by atoms with Crippen molar-refractivity contribution >= 4 is 150 Å². The Morgan fingerprint density at radius 2 is 0.723 bits per heavy atom. The summed E-state index contributed by atoms with van der Waals surface area (Å²) in [5, 5.41) is 4.18. The summed E-state index contributed by atoms with van der Waals surface area (Å²) >= 11 is 0. The molecule has 7 aromatic carbocycles. The predicted octanol–water partition coefficient (Wildman–Crippen LogP) is 1.24. The molecule has 0 aliphatic rings. The third kappa shape index (κ3) is 4.36. The standard InChI is InChI=1S/C38H16B8O/c39-31-27-25(19-12-10-18(11-13-19)17-6-2-1-3-7-17)28-30(34(42)38(46)36(44)32(28)40)26(29(27)33(41)37(45)35(31)43)20-14-15-24-22(16-20)21-8-4-5-9-23(21)47-24/h1-16H. The molecular weight excluding hydrogens is 559 g/mol. The van der Waals surface area contributed by atoms with Crippen LogP contribution in [0.15, 0.2) is 101 Å². The Morgan fingerprint density at radius 3 is 1.28 bits per heavy atom. The minimum absolute atomic E-state index is 0.172. The molecule has 1 nitrogen and oxygen atoms in total. The van der Waals surface area contributed by atoms with Gasteiger partial charge in [-0.2, -0.15) is 0 Å². The molecule has 0 saturated carbocycles. The van der Waals surface area contributed by atoms with Crippen LogP contribution >= 0.6 is 0 Å². The van der Waals surface area contributed by atoms with Crippen molar-refractivity contribution in [1.82, 2.24) is 0 Å². The topological polar surface area (TPSA) is 13.1 Å². The van der Waals surface area contributed by atoms with Crippen molar-refractivity contribution in [2.45, 2.75) is 0 Å². The van der Waals surface area contributed by atoms with Gasteiger partial charge < -0.3 is 4.42 Å². The van der Waals surface area contributed by atoms with Gasteiger partial charge in [-0.3, -0.25) is 0 Å². The Kier molecular flexibility index (Phi) is 6.95. The molecule has 8 rings (SSSR count). The molecule has 1 aromatic heterocycles. The van der Waals surface area contributed by atoms with E-state index >= 15 is 0 Å². The molecule has 0 saturated heterocycles. The lowest BCUT2D eigenvalue weighted by molar-refractivity contribution is 0.669. The van der Waals surface area contributed by atoms with Gasteiger partial charge in [-0.1, -0.05) is 101 Å². The fourth-order valence-electron chi connectivity index (χ4n) is 6.87. The monoisotopic (exact) mass is 576 g/mol. The summed E-state index contributed by atoms with van der Waals surface area (Å²) in [4.78, 5) is 0. The number of hydrogen-bond acceptors (Lipinski definition) is 1. The van der Waals surface area contributed by atoms with Crippen molar-refractivity contribution in [2.75, 3.05) is 0 Å². The number of furan rings is 1. The average Bonchev–Trinajstić information content (AvgIpc) is 3.48. The van der Waals surface area contributed by atoms with Gasteiger partial charge in [0.1, 0.15) is 73.9 Å². The van der Waals surface area contributed by atoms with E-state index in [1.54, 1.807) is 0 Å². The number of rotatable bonds is 3. The van der Waals surface area contributed by atoms with E-state index in [4.69, 9.17) is 67.2 Å². The van der Waals surface area contributed by atoms with Gasteiger partial charge in [0, 0.05) is 10.8 Å². The Bertz CT molecular complexity index is 2510. The van der Waals surface area contributed by atoms with Crippen LogP contribution in [0.3, 0.4) is 0 Å². The van der Waals surface area contributed by atoms with Crippen molar-refractivity contribution in [1.29, 1.82) is 0 Å². The lowest BCUT2D eigenvalue weighted by atomic mass is 9.59. The van der Waals surface area contributed by atoms with E-state index in [1.807, 2.05) is 84.9 Å². The highest BCUT2D eigenvalue weighted by Crippen LogP contribution is 2.42. The largest absolute Gasteiger partial charge is 0.456 e. The molecule has 0 atom stereocenters. The molecule has 0 bridgehead atoms. The summed E-state index contributed by atoms with van der Waals surface area (Å²) in [5.41, 5.74) is 8.24. The van der Waals surface area contributed by atoms with Gasteiger partial charge in [0.15, 0.2) is 0 Å².